The number of anilines is 5. The van der Waals surface area contributed by atoms with Crippen LogP contribution in [-0.4, -0.2) is 12.1 Å². The molecule has 1 fully saturated rings. The molecule has 5 aliphatic rings. The fourth-order valence-electron chi connectivity index (χ4n) is 9.31. The van der Waals surface area contributed by atoms with Gasteiger partial charge in [-0.05, 0) is 82.8 Å². The minimum absolute atomic E-state index is 0.0486. The molecule has 4 heterocycles. The van der Waals surface area contributed by atoms with Gasteiger partial charge in [0.25, 0.3) is 0 Å². The van der Waals surface area contributed by atoms with Crippen molar-refractivity contribution in [2.24, 2.45) is 0 Å². The van der Waals surface area contributed by atoms with Gasteiger partial charge in [0.2, 0.25) is 0 Å². The lowest BCUT2D eigenvalue weighted by molar-refractivity contribution is 0.280. The summed E-state index contributed by atoms with van der Waals surface area (Å²) in [6, 6.07) is 53.6. The molecule has 6 aromatic carbocycles. The number of nitrogens with zero attached hydrogens (tertiary/aromatic N) is 2. The summed E-state index contributed by atoms with van der Waals surface area (Å²) in [5.41, 5.74) is 14.6. The van der Waals surface area contributed by atoms with Gasteiger partial charge in [-0.2, -0.15) is 0 Å². The van der Waals surface area contributed by atoms with E-state index in [-0.39, 0.29) is 6.10 Å². The van der Waals surface area contributed by atoms with Gasteiger partial charge in [-0.25, -0.2) is 0 Å². The fraction of sp³-hybridized carbons (Fsp3) is 0.0980. The van der Waals surface area contributed by atoms with Gasteiger partial charge in [0.05, 0.1) is 22.7 Å². The van der Waals surface area contributed by atoms with Crippen molar-refractivity contribution in [2.75, 3.05) is 9.80 Å². The normalized spacial score (nSPS) is 19.8. The van der Waals surface area contributed by atoms with Crippen LogP contribution in [-0.2, 0) is 0 Å². The molecule has 0 bridgehead atoms. The highest BCUT2D eigenvalue weighted by atomic mass is 32.2. The summed E-state index contributed by atoms with van der Waals surface area (Å²) in [4.78, 5) is 7.99. The van der Waals surface area contributed by atoms with Gasteiger partial charge in [-0.3, -0.25) is 0 Å². The third kappa shape index (κ3) is 4.97. The van der Waals surface area contributed by atoms with Crippen molar-refractivity contribution in [2.45, 2.75) is 30.2 Å². The van der Waals surface area contributed by atoms with Gasteiger partial charge in [0, 0.05) is 54.5 Å². The van der Waals surface area contributed by atoms with E-state index in [2.05, 4.69) is 198 Å². The second-order valence-corrected chi connectivity index (χ2v) is 17.3. The Kier molecular flexibility index (Phi) is 7.36. The molecule has 0 N–H and O–H groups in total. The molecule has 268 valence electrons. The first-order valence-electron chi connectivity index (χ1n) is 19.5. The third-order valence-corrected chi connectivity index (χ3v) is 14.7. The SMILES string of the molecule is C1=CCC2Oc3c(cccc3N(c3ccc(-c4ccc(-c5ccccc5)cc4)cc3)c3ccc(N4c5c(sc6ccccc56)C5SC6=CCC=C6C54)cc3)C2=C1. The lowest BCUT2D eigenvalue weighted by Gasteiger charge is -2.30. The Balaban J connectivity index is 0.948. The lowest BCUT2D eigenvalue weighted by atomic mass is 9.96. The second kappa shape index (κ2) is 12.8. The zero-order chi connectivity index (χ0) is 36.7. The quantitative estimate of drug-likeness (QED) is 0.168. The molecular formula is C51H36N2OS2. The number of thioether (sulfide) groups is 1. The van der Waals surface area contributed by atoms with Crippen molar-refractivity contribution >= 4 is 67.2 Å². The minimum Gasteiger partial charge on any atom is -0.483 e. The maximum absolute atomic E-state index is 6.79. The van der Waals surface area contributed by atoms with Gasteiger partial charge >= 0.3 is 0 Å². The Morgan fingerprint density at radius 3 is 2.12 bits per heavy atom. The van der Waals surface area contributed by atoms with E-state index in [1.165, 1.54) is 70.2 Å². The highest BCUT2D eigenvalue weighted by Crippen LogP contribution is 2.66. The van der Waals surface area contributed by atoms with E-state index in [4.69, 9.17) is 4.74 Å². The summed E-state index contributed by atoms with van der Waals surface area (Å²) in [5.74, 6) is 0.948. The summed E-state index contributed by atoms with van der Waals surface area (Å²) in [6.45, 7) is 0. The summed E-state index contributed by atoms with van der Waals surface area (Å²) >= 11 is 4.03. The van der Waals surface area contributed by atoms with Crippen molar-refractivity contribution in [3.8, 4) is 28.0 Å². The average molecular weight is 757 g/mol. The average Bonchev–Trinajstić information content (AvgIpc) is 4.08. The van der Waals surface area contributed by atoms with E-state index in [0.717, 1.165) is 35.7 Å². The second-order valence-electron chi connectivity index (χ2n) is 15.0. The van der Waals surface area contributed by atoms with Crippen LogP contribution >= 0.6 is 23.1 Å². The number of thiophene rings is 1. The van der Waals surface area contributed by atoms with E-state index >= 15 is 0 Å². The number of fused-ring (bicyclic) bond motifs is 10. The van der Waals surface area contributed by atoms with Crippen molar-refractivity contribution in [1.29, 1.82) is 0 Å². The molecule has 2 aliphatic carbocycles. The van der Waals surface area contributed by atoms with Crippen molar-refractivity contribution in [1.82, 2.24) is 0 Å². The summed E-state index contributed by atoms with van der Waals surface area (Å²) in [7, 11) is 0. The third-order valence-electron chi connectivity index (χ3n) is 11.9. The molecule has 1 saturated heterocycles. The van der Waals surface area contributed by atoms with Gasteiger partial charge in [0.1, 0.15) is 6.10 Å². The fourth-order valence-corrected chi connectivity index (χ4v) is 12.2. The van der Waals surface area contributed by atoms with Crippen LogP contribution in [0.1, 0.15) is 28.5 Å². The molecule has 0 amide bonds. The number of hydrogen-bond donors (Lipinski definition) is 0. The van der Waals surface area contributed by atoms with Crippen molar-refractivity contribution in [3.05, 3.63) is 197 Å². The van der Waals surface area contributed by atoms with Crippen LogP contribution in [0.5, 0.6) is 5.75 Å². The Bertz CT molecular complexity index is 2810. The molecule has 12 rings (SSSR count). The molecule has 56 heavy (non-hydrogen) atoms. The number of rotatable bonds is 6. The largest absolute Gasteiger partial charge is 0.483 e. The first-order valence-corrected chi connectivity index (χ1v) is 21.2. The molecule has 0 radical (unpaired) electrons. The van der Waals surface area contributed by atoms with Crippen LogP contribution in [0.3, 0.4) is 0 Å². The Morgan fingerprint density at radius 2 is 1.34 bits per heavy atom. The zero-order valence-electron chi connectivity index (χ0n) is 30.5. The monoisotopic (exact) mass is 756 g/mol. The van der Waals surface area contributed by atoms with Gasteiger partial charge in [-0.1, -0.05) is 127 Å². The van der Waals surface area contributed by atoms with Crippen LogP contribution in [0.15, 0.2) is 186 Å². The van der Waals surface area contributed by atoms with E-state index in [1.54, 1.807) is 0 Å². The standard InChI is InChI=1S/C51H36N2OS2/c1-2-10-32(11-3-1)33-20-22-34(23-21-33)35-24-26-36(27-25-35)52(43-16-8-14-40-39-12-4-6-17-44(39)54-49(40)43)37-28-30-38(31-29-37)53-47-41-13-5-7-18-45(41)55-50(47)51-48(53)42-15-9-19-46(42)56-51/h1-8,10-16,18-31,44,48,51H,9,17H2. The van der Waals surface area contributed by atoms with Crippen LogP contribution in [0.2, 0.25) is 0 Å². The number of allylic oxidation sites excluding steroid dienone is 4. The topological polar surface area (TPSA) is 15.7 Å². The highest BCUT2D eigenvalue weighted by Gasteiger charge is 2.50. The molecule has 7 aromatic rings. The van der Waals surface area contributed by atoms with E-state index in [0.29, 0.717) is 11.3 Å². The van der Waals surface area contributed by atoms with E-state index < -0.39 is 0 Å². The first-order chi connectivity index (χ1) is 27.8. The Morgan fingerprint density at radius 1 is 0.643 bits per heavy atom. The molecule has 1 aromatic heterocycles. The Labute approximate surface area is 335 Å². The van der Waals surface area contributed by atoms with Crippen molar-refractivity contribution < 1.29 is 4.74 Å². The zero-order valence-corrected chi connectivity index (χ0v) is 32.1. The van der Waals surface area contributed by atoms with Gasteiger partial charge < -0.3 is 14.5 Å². The number of hydrogen-bond acceptors (Lipinski definition) is 5. The number of para-hydroxylation sites is 1. The van der Waals surface area contributed by atoms with Crippen molar-refractivity contribution in [3.63, 3.8) is 0 Å². The lowest BCUT2D eigenvalue weighted by Crippen LogP contribution is -2.28. The first kappa shape index (κ1) is 32.3. The minimum atomic E-state index is 0.0486. The van der Waals surface area contributed by atoms with Gasteiger partial charge in [-0.15, -0.1) is 23.1 Å². The molecule has 3 unspecified atom stereocenters. The molecule has 5 heteroatoms. The van der Waals surface area contributed by atoms with Crippen LogP contribution < -0.4 is 14.5 Å². The Hall–Kier alpha value is -6.01. The number of ether oxygens (including phenoxy) is 1. The summed E-state index contributed by atoms with van der Waals surface area (Å²) < 4.78 is 8.15. The molecule has 3 nitrogen and oxygen atoms in total. The summed E-state index contributed by atoms with van der Waals surface area (Å²) in [5, 5.41) is 1.77. The van der Waals surface area contributed by atoms with Crippen LogP contribution in [0, 0.1) is 0 Å². The van der Waals surface area contributed by atoms with Crippen LogP contribution in [0.4, 0.5) is 28.4 Å². The van der Waals surface area contributed by atoms with Gasteiger partial charge in [0.15, 0.2) is 5.75 Å². The maximum Gasteiger partial charge on any atom is 0.151 e. The molecule has 0 spiro atoms. The predicted molar refractivity (Wildman–Crippen MR) is 237 cm³/mol. The predicted octanol–water partition coefficient (Wildman–Crippen LogP) is 14.3. The van der Waals surface area contributed by atoms with Crippen LogP contribution in [0.25, 0.3) is 37.9 Å². The van der Waals surface area contributed by atoms with E-state index in [1.807, 2.05) is 11.3 Å². The molecular weight excluding hydrogens is 721 g/mol. The summed E-state index contributed by atoms with van der Waals surface area (Å²) in [6.07, 6.45) is 13.4. The smallest absolute Gasteiger partial charge is 0.151 e. The molecule has 3 aliphatic heterocycles. The highest BCUT2D eigenvalue weighted by molar-refractivity contribution is 8.04. The number of benzene rings is 6. The maximum atomic E-state index is 6.79. The van der Waals surface area contributed by atoms with E-state index in [9.17, 15) is 0 Å². The molecule has 3 atom stereocenters. The molecule has 0 saturated carbocycles.